The lowest BCUT2D eigenvalue weighted by Crippen LogP contribution is -2.40. The summed E-state index contributed by atoms with van der Waals surface area (Å²) >= 11 is 5.98. The summed E-state index contributed by atoms with van der Waals surface area (Å²) in [6, 6.07) is 12.5. The monoisotopic (exact) mass is 379 g/mol. The van der Waals surface area contributed by atoms with Crippen molar-refractivity contribution in [2.45, 2.75) is 23.8 Å². The third kappa shape index (κ3) is 3.42. The minimum absolute atomic E-state index is 0.0183. The molecule has 0 saturated carbocycles. The van der Waals surface area contributed by atoms with Crippen molar-refractivity contribution in [1.82, 2.24) is 4.31 Å². The second-order valence-corrected chi connectivity index (χ2v) is 8.09. The molecule has 0 spiro atoms. The lowest BCUT2D eigenvalue weighted by Gasteiger charge is -2.24. The zero-order valence-corrected chi connectivity index (χ0v) is 15.3. The highest BCUT2D eigenvalue weighted by molar-refractivity contribution is 7.89. The molecule has 0 aromatic heterocycles. The van der Waals surface area contributed by atoms with Crippen LogP contribution in [0, 0.1) is 0 Å². The van der Waals surface area contributed by atoms with Gasteiger partial charge in [-0.1, -0.05) is 41.9 Å². The first-order valence-electron chi connectivity index (χ1n) is 7.90. The van der Waals surface area contributed by atoms with Crippen LogP contribution in [0.3, 0.4) is 0 Å². The minimum atomic E-state index is -3.90. The van der Waals surface area contributed by atoms with Crippen LogP contribution in [-0.4, -0.2) is 38.2 Å². The molecule has 25 heavy (non-hydrogen) atoms. The normalized spacial score (nSPS) is 18.2. The molecule has 1 saturated heterocycles. The molecule has 1 aliphatic heterocycles. The number of methoxy groups -OCH3 is 1. The highest BCUT2D eigenvalue weighted by Crippen LogP contribution is 2.34. The number of carbonyl (C=O) groups excluding carboxylic acids is 1. The summed E-state index contributed by atoms with van der Waals surface area (Å²) < 4.78 is 32.7. The van der Waals surface area contributed by atoms with E-state index in [0.717, 1.165) is 0 Å². The fourth-order valence-electron chi connectivity index (χ4n) is 3.06. The second-order valence-electron chi connectivity index (χ2n) is 5.80. The van der Waals surface area contributed by atoms with Gasteiger partial charge >= 0.3 is 0 Å². The van der Waals surface area contributed by atoms with Gasteiger partial charge in [-0.2, -0.15) is 4.31 Å². The van der Waals surface area contributed by atoms with E-state index in [1.54, 1.807) is 30.3 Å². The van der Waals surface area contributed by atoms with Crippen LogP contribution in [0.1, 0.15) is 23.2 Å². The van der Waals surface area contributed by atoms with E-state index in [2.05, 4.69) is 0 Å². The summed E-state index contributed by atoms with van der Waals surface area (Å²) in [5, 5.41) is 0.296. The van der Waals surface area contributed by atoms with E-state index in [9.17, 15) is 13.2 Å². The van der Waals surface area contributed by atoms with Gasteiger partial charge < -0.3 is 4.74 Å². The van der Waals surface area contributed by atoms with E-state index >= 15 is 0 Å². The zero-order chi connectivity index (χ0) is 18.0. The van der Waals surface area contributed by atoms with Crippen molar-refractivity contribution in [2.75, 3.05) is 13.7 Å². The van der Waals surface area contributed by atoms with Crippen LogP contribution in [0.25, 0.3) is 0 Å². The average Bonchev–Trinajstić information content (AvgIpc) is 3.12. The van der Waals surface area contributed by atoms with E-state index in [0.29, 0.717) is 30.0 Å². The quantitative estimate of drug-likeness (QED) is 0.747. The molecule has 1 heterocycles. The average molecular weight is 380 g/mol. The highest BCUT2D eigenvalue weighted by atomic mass is 35.5. The van der Waals surface area contributed by atoms with Gasteiger partial charge in [0, 0.05) is 17.1 Å². The first-order valence-corrected chi connectivity index (χ1v) is 9.71. The largest absolute Gasteiger partial charge is 0.495 e. The Balaban J connectivity index is 1.99. The zero-order valence-electron chi connectivity index (χ0n) is 13.7. The van der Waals surface area contributed by atoms with E-state index < -0.39 is 16.1 Å². The summed E-state index contributed by atoms with van der Waals surface area (Å²) in [5.74, 6) is 0.0184. The van der Waals surface area contributed by atoms with Crippen molar-refractivity contribution < 1.29 is 17.9 Å². The van der Waals surface area contributed by atoms with Gasteiger partial charge in [-0.25, -0.2) is 8.42 Å². The predicted molar refractivity (Wildman–Crippen MR) is 95.7 cm³/mol. The molecule has 7 heteroatoms. The number of Topliss-reactive ketones (excluding diaryl/α,β-unsaturated/α-hetero) is 1. The molecule has 3 rings (SSSR count). The molecular formula is C18H18ClNO4S. The van der Waals surface area contributed by atoms with Crippen molar-refractivity contribution in [2.24, 2.45) is 0 Å². The number of rotatable bonds is 5. The van der Waals surface area contributed by atoms with Gasteiger partial charge in [0.05, 0.1) is 13.2 Å². The van der Waals surface area contributed by atoms with E-state index in [-0.39, 0.29) is 16.4 Å². The van der Waals surface area contributed by atoms with Crippen molar-refractivity contribution >= 4 is 27.4 Å². The van der Waals surface area contributed by atoms with Crippen LogP contribution in [0.15, 0.2) is 53.4 Å². The highest BCUT2D eigenvalue weighted by Gasteiger charge is 2.40. The Bertz CT molecular complexity index is 883. The summed E-state index contributed by atoms with van der Waals surface area (Å²) in [6.45, 7) is 0.293. The number of benzene rings is 2. The smallest absolute Gasteiger partial charge is 0.247 e. The Morgan fingerprint density at radius 1 is 1.20 bits per heavy atom. The molecule has 2 aromatic carbocycles. The molecular weight excluding hydrogens is 362 g/mol. The number of ether oxygens (including phenoxy) is 1. The number of ketones is 1. The van der Waals surface area contributed by atoms with Gasteiger partial charge in [0.15, 0.2) is 5.78 Å². The number of sulfonamides is 1. The molecule has 0 aliphatic carbocycles. The lowest BCUT2D eigenvalue weighted by atomic mass is 10.0. The Kier molecular flexibility index (Phi) is 5.13. The van der Waals surface area contributed by atoms with E-state index in [4.69, 9.17) is 16.3 Å². The first kappa shape index (κ1) is 17.9. The summed E-state index contributed by atoms with van der Waals surface area (Å²) in [7, 11) is -2.50. The molecule has 1 fully saturated rings. The third-order valence-electron chi connectivity index (χ3n) is 4.28. The lowest BCUT2D eigenvalue weighted by molar-refractivity contribution is 0.0918. The van der Waals surface area contributed by atoms with Crippen LogP contribution in [-0.2, 0) is 10.0 Å². The number of hydrogen-bond acceptors (Lipinski definition) is 4. The van der Waals surface area contributed by atoms with Crippen molar-refractivity contribution in [1.29, 1.82) is 0 Å². The summed E-state index contributed by atoms with van der Waals surface area (Å²) in [6.07, 6.45) is 1.13. The molecule has 0 bridgehead atoms. The Morgan fingerprint density at radius 2 is 1.92 bits per heavy atom. The van der Waals surface area contributed by atoms with Gasteiger partial charge in [-0.05, 0) is 31.0 Å². The summed E-state index contributed by atoms with van der Waals surface area (Å²) in [5.41, 5.74) is 0.507. The Morgan fingerprint density at radius 3 is 2.60 bits per heavy atom. The van der Waals surface area contributed by atoms with Gasteiger partial charge in [0.25, 0.3) is 0 Å². The molecule has 1 aliphatic rings. The predicted octanol–water partition coefficient (Wildman–Crippen LogP) is 3.38. The van der Waals surface area contributed by atoms with Crippen molar-refractivity contribution in [3.05, 3.63) is 59.1 Å². The molecule has 2 aromatic rings. The molecule has 1 unspecified atom stereocenters. The molecule has 0 N–H and O–H groups in total. The van der Waals surface area contributed by atoms with E-state index in [1.807, 2.05) is 6.07 Å². The first-order chi connectivity index (χ1) is 11.9. The number of nitrogens with zero attached hydrogens (tertiary/aromatic N) is 1. The summed E-state index contributed by atoms with van der Waals surface area (Å²) in [4.78, 5) is 12.8. The van der Waals surface area contributed by atoms with Gasteiger partial charge in [0.2, 0.25) is 10.0 Å². The van der Waals surface area contributed by atoms with Crippen LogP contribution in [0.4, 0.5) is 0 Å². The van der Waals surface area contributed by atoms with Crippen molar-refractivity contribution in [3.63, 3.8) is 0 Å². The molecule has 132 valence electrons. The van der Waals surface area contributed by atoms with Crippen LogP contribution in [0.5, 0.6) is 5.75 Å². The Hall–Kier alpha value is -1.89. The maximum atomic E-state index is 13.1. The fourth-order valence-corrected chi connectivity index (χ4v) is 5.14. The van der Waals surface area contributed by atoms with Gasteiger partial charge in [0.1, 0.15) is 10.6 Å². The molecule has 1 atom stereocenters. The third-order valence-corrected chi connectivity index (χ3v) is 6.44. The maximum Gasteiger partial charge on any atom is 0.247 e. The van der Waals surface area contributed by atoms with Crippen LogP contribution < -0.4 is 4.74 Å². The maximum absolute atomic E-state index is 13.1. The SMILES string of the molecule is COc1ccc(Cl)cc1S(=O)(=O)N1CCCC1C(=O)c1ccccc1. The number of halogens is 1. The molecule has 5 nitrogen and oxygen atoms in total. The number of hydrogen-bond donors (Lipinski definition) is 0. The van der Waals surface area contributed by atoms with E-state index in [1.165, 1.54) is 23.5 Å². The molecule has 0 amide bonds. The number of carbonyl (C=O) groups is 1. The minimum Gasteiger partial charge on any atom is -0.495 e. The Labute approximate surface area is 152 Å². The van der Waals surface area contributed by atoms with Crippen molar-refractivity contribution in [3.8, 4) is 5.75 Å². The fraction of sp³-hybridized carbons (Fsp3) is 0.278. The van der Waals surface area contributed by atoms with Gasteiger partial charge in [-0.3, -0.25) is 4.79 Å². The second kappa shape index (κ2) is 7.15. The standard InChI is InChI=1S/C18H18ClNO4S/c1-24-16-10-9-14(19)12-17(16)25(22,23)20-11-5-8-15(20)18(21)13-6-3-2-4-7-13/h2-4,6-7,9-10,12,15H,5,8,11H2,1H3. The molecule has 0 radical (unpaired) electrons. The topological polar surface area (TPSA) is 63.7 Å². The van der Waals surface area contributed by atoms with Gasteiger partial charge in [-0.15, -0.1) is 0 Å². The van der Waals surface area contributed by atoms with Crippen LogP contribution in [0.2, 0.25) is 5.02 Å². The van der Waals surface area contributed by atoms with Crippen LogP contribution >= 0.6 is 11.6 Å².